The molecule has 7 heteroatoms. The second-order valence-electron chi connectivity index (χ2n) is 0.394. The molecule has 7 heavy (non-hydrogen) atoms. The van der Waals surface area contributed by atoms with Crippen molar-refractivity contribution in [2.75, 3.05) is 0 Å². The molecule has 0 aliphatic heterocycles. The molecule has 0 spiro atoms. The van der Waals surface area contributed by atoms with Gasteiger partial charge in [0.2, 0.25) is 0 Å². The van der Waals surface area contributed by atoms with Gasteiger partial charge in [0.05, 0.1) is 0 Å². The van der Waals surface area contributed by atoms with E-state index in [1.54, 1.807) is 10.1 Å². The van der Waals surface area contributed by atoms with Crippen LogP contribution in [-0.4, -0.2) is 0 Å². The van der Waals surface area contributed by atoms with Crippen LogP contribution in [0.4, 0.5) is 0 Å². The van der Waals surface area contributed by atoms with Gasteiger partial charge in [0.1, 0.15) is 0 Å². The molecule has 0 bridgehead atoms. The molecule has 0 radical (unpaired) electrons. The fourth-order valence-electron chi connectivity index (χ4n) is 0.0434. The Morgan fingerprint density at radius 3 is 1.71 bits per heavy atom. The van der Waals surface area contributed by atoms with Crippen LogP contribution in [0.2, 0.25) is 0 Å². The number of hydrogen-bond acceptors (Lipinski definition) is 0. The SMILES string of the molecule is P#SP=S=PS#P. The molecule has 0 aromatic carbocycles. The molecule has 0 unspecified atom stereocenters. The molecule has 0 aliphatic carbocycles. The van der Waals surface area contributed by atoms with E-state index < -0.39 is 0 Å². The van der Waals surface area contributed by atoms with Crippen molar-refractivity contribution < 1.29 is 0 Å². The summed E-state index contributed by atoms with van der Waals surface area (Å²) >= 11 is 0. The minimum absolute atomic E-state index is 1.24. The van der Waals surface area contributed by atoms with Crippen molar-refractivity contribution >= 4 is 59.6 Å². The molecular weight excluding hydrogens is 220 g/mol. The first-order chi connectivity index (χ1) is 3.41. The Balaban J connectivity index is 3.78. The van der Waals surface area contributed by atoms with Gasteiger partial charge in [-0.25, -0.2) is 0 Å². The Kier molecular flexibility index (Phi) is 10.6. The third-order valence-corrected chi connectivity index (χ3v) is 10.8. The van der Waals surface area contributed by atoms with E-state index in [1.165, 1.54) is 33.8 Å². The molecule has 0 atom stereocenters. The Morgan fingerprint density at radius 1 is 1.00 bits per heavy atom. The topological polar surface area (TPSA) is 0 Å². The van der Waals surface area contributed by atoms with E-state index in [0.717, 1.165) is 0 Å². The summed E-state index contributed by atoms with van der Waals surface area (Å²) in [6.45, 7) is 2.49. The van der Waals surface area contributed by atoms with Crippen molar-refractivity contribution in [1.82, 2.24) is 0 Å². The number of rotatable bonds is 0. The van der Waals surface area contributed by atoms with Crippen molar-refractivity contribution in [3.63, 3.8) is 0 Å². The summed E-state index contributed by atoms with van der Waals surface area (Å²) in [4.78, 5) is 0. The van der Waals surface area contributed by atoms with E-state index in [4.69, 9.17) is 0 Å². The molecular formula is P4S3. The van der Waals surface area contributed by atoms with Gasteiger partial charge in [-0.15, -0.1) is 0 Å². The summed E-state index contributed by atoms with van der Waals surface area (Å²) in [5.74, 6) is 0. The van der Waals surface area contributed by atoms with E-state index >= 15 is 0 Å². The van der Waals surface area contributed by atoms with Crippen LogP contribution in [0, 0.1) is 0 Å². The zero-order valence-electron chi connectivity index (χ0n) is 3.01. The molecule has 38 valence electrons. The van der Waals surface area contributed by atoms with Crippen molar-refractivity contribution in [1.29, 1.82) is 0 Å². The Hall–Kier alpha value is 2.12. The van der Waals surface area contributed by atoms with Crippen molar-refractivity contribution in [2.45, 2.75) is 0 Å². The van der Waals surface area contributed by atoms with Gasteiger partial charge in [-0.3, -0.25) is 0 Å². The molecule has 0 aliphatic rings. The molecule has 0 aromatic heterocycles. The fourth-order valence-corrected chi connectivity index (χ4v) is 10.6. The molecule has 0 aromatic rings. The Labute approximate surface area is 59.4 Å². The summed E-state index contributed by atoms with van der Waals surface area (Å²) in [7, 11) is 12.7. The standard InChI is InChI=1S/P4S3/c1-5-3-7-4-6-2. The first kappa shape index (κ1) is 9.12. The maximum atomic E-state index is 3.94. The van der Waals surface area contributed by atoms with Crippen LogP contribution < -0.4 is 0 Å². The third kappa shape index (κ3) is 8.12. The molecule has 0 nitrogen and oxygen atoms in total. The van der Waals surface area contributed by atoms with Crippen molar-refractivity contribution in [3.8, 4) is 0 Å². The van der Waals surface area contributed by atoms with Crippen LogP contribution >= 0.6 is 49.5 Å². The first-order valence-electron chi connectivity index (χ1n) is 1.10. The monoisotopic (exact) mass is 220 g/mol. The molecule has 0 N–H and O–H groups in total. The van der Waals surface area contributed by atoms with Crippen LogP contribution in [0.5, 0.6) is 0 Å². The third-order valence-electron chi connectivity index (χ3n) is 0.133. The summed E-state index contributed by atoms with van der Waals surface area (Å²) in [6, 6.07) is 0. The average Bonchev–Trinajstić information content (AvgIpc) is 1.69. The van der Waals surface area contributed by atoms with Crippen molar-refractivity contribution in [3.05, 3.63) is 0 Å². The van der Waals surface area contributed by atoms with E-state index in [2.05, 4.69) is 15.6 Å². The second kappa shape index (κ2) is 8.12. The summed E-state index contributed by atoms with van der Waals surface area (Å²) in [5, 5.41) is 0. The molecule has 0 fully saturated rings. The van der Waals surface area contributed by atoms with E-state index in [9.17, 15) is 0 Å². The molecule has 0 heterocycles. The van der Waals surface area contributed by atoms with Gasteiger partial charge in [-0.05, 0) is 0 Å². The van der Waals surface area contributed by atoms with Crippen molar-refractivity contribution in [2.24, 2.45) is 0 Å². The molecule has 0 saturated heterocycles. The van der Waals surface area contributed by atoms with Gasteiger partial charge in [0.25, 0.3) is 0 Å². The minimum atomic E-state index is 1.24. The first-order valence-corrected chi connectivity index (χ1v) is 9.86. The fraction of sp³-hybridized carbons (Fsp3) is 0. The van der Waals surface area contributed by atoms with E-state index in [1.807, 2.05) is 0 Å². The van der Waals surface area contributed by atoms with Crippen LogP contribution in [0.15, 0.2) is 0 Å². The van der Waals surface area contributed by atoms with Crippen LogP contribution in [-0.2, 0) is 10.1 Å². The predicted octanol–water partition coefficient (Wildman–Crippen LogP) is 4.74. The second-order valence-corrected chi connectivity index (χ2v) is 10.6. The average molecular weight is 220 g/mol. The van der Waals surface area contributed by atoms with E-state index in [-0.39, 0.29) is 0 Å². The van der Waals surface area contributed by atoms with Gasteiger partial charge >= 0.3 is 59.6 Å². The zero-order valence-corrected chi connectivity index (χ0v) is 9.04. The van der Waals surface area contributed by atoms with Crippen LogP contribution in [0.25, 0.3) is 0 Å². The van der Waals surface area contributed by atoms with Gasteiger partial charge in [-0.2, -0.15) is 0 Å². The van der Waals surface area contributed by atoms with Gasteiger partial charge in [0.15, 0.2) is 0 Å². The van der Waals surface area contributed by atoms with Gasteiger partial charge in [0, 0.05) is 0 Å². The number of hydrogen-bond donors (Lipinski definition) is 0. The Bertz CT molecular complexity index is 154. The summed E-state index contributed by atoms with van der Waals surface area (Å²) < 4.78 is 0. The molecule has 0 saturated carbocycles. The van der Waals surface area contributed by atoms with Gasteiger partial charge in [-0.1, -0.05) is 0 Å². The van der Waals surface area contributed by atoms with Gasteiger partial charge < -0.3 is 0 Å². The zero-order chi connectivity index (χ0) is 5.54. The van der Waals surface area contributed by atoms with Crippen LogP contribution in [0.3, 0.4) is 0 Å². The quantitative estimate of drug-likeness (QED) is 0.517. The van der Waals surface area contributed by atoms with E-state index in [0.29, 0.717) is 0 Å². The Morgan fingerprint density at radius 2 is 1.43 bits per heavy atom. The van der Waals surface area contributed by atoms with Crippen LogP contribution in [0.1, 0.15) is 0 Å². The molecule has 0 rings (SSSR count). The summed E-state index contributed by atoms with van der Waals surface area (Å²) in [5.41, 5.74) is 0. The maximum absolute atomic E-state index is 3.94. The molecule has 0 amide bonds. The summed E-state index contributed by atoms with van der Waals surface area (Å²) in [6.07, 6.45) is 0. The predicted molar refractivity (Wildman–Crippen MR) is 50.2 cm³/mol. The normalized spacial score (nSPS) is 8.29.